The Bertz CT molecular complexity index is 101. The molecule has 0 unspecified atom stereocenters. The van der Waals surface area contributed by atoms with Crippen molar-refractivity contribution in [1.29, 1.82) is 0 Å². The Hall–Kier alpha value is -0.700. The first-order valence-corrected chi connectivity index (χ1v) is 2.88. The molecule has 0 heterocycles. The summed E-state index contributed by atoms with van der Waals surface area (Å²) < 4.78 is 0. The maximum Gasteiger partial charge on any atom is 0.0848 e. The van der Waals surface area contributed by atoms with Crippen molar-refractivity contribution in [2.24, 2.45) is 5.18 Å². The molecule has 0 aliphatic rings. The van der Waals surface area contributed by atoms with Crippen molar-refractivity contribution in [3.8, 4) is 0 Å². The average molecular weight is 129 g/mol. The van der Waals surface area contributed by atoms with Gasteiger partial charge < -0.3 is 5.11 Å². The van der Waals surface area contributed by atoms with Crippen molar-refractivity contribution in [3.63, 3.8) is 0 Å². The number of hydrogen-bond acceptors (Lipinski definition) is 3. The van der Waals surface area contributed by atoms with Crippen LogP contribution in [0.1, 0.15) is 12.8 Å². The standard InChI is InChI=1S/C6H11NO2/c1-6(3-5-8)2-4-7-9/h8H,1-5H2. The van der Waals surface area contributed by atoms with Gasteiger partial charge in [0.15, 0.2) is 0 Å². The molecule has 0 fully saturated rings. The highest BCUT2D eigenvalue weighted by molar-refractivity contribution is 4.93. The fourth-order valence-corrected chi connectivity index (χ4v) is 0.487. The lowest BCUT2D eigenvalue weighted by Gasteiger charge is -1.96. The largest absolute Gasteiger partial charge is 0.396 e. The summed E-state index contributed by atoms with van der Waals surface area (Å²) in [4.78, 5) is 9.56. The molecule has 3 heteroatoms. The minimum Gasteiger partial charge on any atom is -0.396 e. The van der Waals surface area contributed by atoms with E-state index in [4.69, 9.17) is 5.11 Å². The minimum absolute atomic E-state index is 0.109. The molecule has 0 aromatic heterocycles. The second-order valence-corrected chi connectivity index (χ2v) is 1.83. The maximum atomic E-state index is 9.56. The number of nitrogens with zero attached hydrogens (tertiary/aromatic N) is 1. The van der Waals surface area contributed by atoms with Gasteiger partial charge in [0.2, 0.25) is 0 Å². The van der Waals surface area contributed by atoms with Crippen molar-refractivity contribution in [2.45, 2.75) is 12.8 Å². The van der Waals surface area contributed by atoms with Crippen LogP contribution in [-0.4, -0.2) is 18.3 Å². The predicted octanol–water partition coefficient (Wildman–Crippen LogP) is 1.08. The van der Waals surface area contributed by atoms with E-state index in [0.29, 0.717) is 12.8 Å². The molecule has 1 N–H and O–H groups in total. The van der Waals surface area contributed by atoms with Gasteiger partial charge in [-0.3, -0.25) is 0 Å². The number of nitroso groups, excluding NO2 is 1. The van der Waals surface area contributed by atoms with E-state index < -0.39 is 0 Å². The Labute approximate surface area is 54.4 Å². The van der Waals surface area contributed by atoms with Crippen LogP contribution in [0.25, 0.3) is 0 Å². The van der Waals surface area contributed by atoms with Crippen molar-refractivity contribution < 1.29 is 5.11 Å². The summed E-state index contributed by atoms with van der Waals surface area (Å²) in [5.74, 6) is 0. The Morgan fingerprint density at radius 1 is 1.56 bits per heavy atom. The molecule has 0 bridgehead atoms. The molecule has 0 aliphatic heterocycles. The lowest BCUT2D eigenvalue weighted by molar-refractivity contribution is 0.298. The Balaban J connectivity index is 3.16. The third kappa shape index (κ3) is 5.17. The summed E-state index contributed by atoms with van der Waals surface area (Å²) in [6, 6.07) is 0. The van der Waals surface area contributed by atoms with E-state index in [-0.39, 0.29) is 13.2 Å². The van der Waals surface area contributed by atoms with E-state index >= 15 is 0 Å². The molecular formula is C6H11NO2. The molecule has 0 saturated carbocycles. The van der Waals surface area contributed by atoms with Crippen molar-refractivity contribution in [1.82, 2.24) is 0 Å². The van der Waals surface area contributed by atoms with Crippen molar-refractivity contribution >= 4 is 0 Å². The topological polar surface area (TPSA) is 49.7 Å². The highest BCUT2D eigenvalue weighted by atomic mass is 16.3. The van der Waals surface area contributed by atoms with Gasteiger partial charge in [0, 0.05) is 6.61 Å². The number of aliphatic hydroxyl groups is 1. The van der Waals surface area contributed by atoms with Crippen LogP contribution in [0.2, 0.25) is 0 Å². The summed E-state index contributed by atoms with van der Waals surface area (Å²) in [5, 5.41) is 11.0. The van der Waals surface area contributed by atoms with Crippen LogP contribution in [-0.2, 0) is 0 Å². The van der Waals surface area contributed by atoms with Crippen LogP contribution < -0.4 is 0 Å². The lowest BCUT2D eigenvalue weighted by Crippen LogP contribution is -1.89. The number of aliphatic hydroxyl groups excluding tert-OH is 1. The first-order valence-electron chi connectivity index (χ1n) is 2.88. The quantitative estimate of drug-likeness (QED) is 0.446. The molecule has 0 saturated heterocycles. The monoisotopic (exact) mass is 129 g/mol. The summed E-state index contributed by atoms with van der Waals surface area (Å²) in [7, 11) is 0. The molecule has 0 amide bonds. The molecule has 0 radical (unpaired) electrons. The molecule has 52 valence electrons. The molecular weight excluding hydrogens is 118 g/mol. The molecule has 0 atom stereocenters. The van der Waals surface area contributed by atoms with Gasteiger partial charge in [-0.25, -0.2) is 0 Å². The molecule has 0 aliphatic carbocycles. The van der Waals surface area contributed by atoms with Gasteiger partial charge in [0.25, 0.3) is 0 Å². The zero-order chi connectivity index (χ0) is 7.11. The van der Waals surface area contributed by atoms with E-state index in [1.165, 1.54) is 0 Å². The van der Waals surface area contributed by atoms with Crippen LogP contribution in [0.5, 0.6) is 0 Å². The summed E-state index contributed by atoms with van der Waals surface area (Å²) >= 11 is 0. The van der Waals surface area contributed by atoms with E-state index in [0.717, 1.165) is 5.57 Å². The molecule has 3 nitrogen and oxygen atoms in total. The zero-order valence-corrected chi connectivity index (χ0v) is 5.34. The van der Waals surface area contributed by atoms with Gasteiger partial charge in [-0.1, -0.05) is 17.3 Å². The second kappa shape index (κ2) is 5.44. The third-order valence-corrected chi connectivity index (χ3v) is 1.02. The molecule has 0 aromatic rings. The molecule has 0 rings (SSSR count). The molecule has 0 spiro atoms. The smallest absolute Gasteiger partial charge is 0.0848 e. The number of rotatable bonds is 5. The van der Waals surface area contributed by atoms with Crippen molar-refractivity contribution in [3.05, 3.63) is 17.1 Å². The van der Waals surface area contributed by atoms with Crippen LogP contribution >= 0.6 is 0 Å². The summed E-state index contributed by atoms with van der Waals surface area (Å²) in [6.07, 6.45) is 1.18. The van der Waals surface area contributed by atoms with Gasteiger partial charge in [-0.15, -0.1) is 0 Å². The fourth-order valence-electron chi connectivity index (χ4n) is 0.487. The Morgan fingerprint density at radius 2 is 2.22 bits per heavy atom. The molecule has 0 aromatic carbocycles. The van der Waals surface area contributed by atoms with E-state index in [1.54, 1.807) is 0 Å². The predicted molar refractivity (Wildman–Crippen MR) is 36.1 cm³/mol. The average Bonchev–Trinajstić information content (AvgIpc) is 1.85. The van der Waals surface area contributed by atoms with E-state index in [1.807, 2.05) is 0 Å². The van der Waals surface area contributed by atoms with Gasteiger partial charge in [-0.05, 0) is 12.8 Å². The maximum absolute atomic E-state index is 9.56. The van der Waals surface area contributed by atoms with Gasteiger partial charge in [0.05, 0.1) is 6.54 Å². The normalized spacial score (nSPS) is 9.00. The lowest BCUT2D eigenvalue weighted by atomic mass is 10.1. The zero-order valence-electron chi connectivity index (χ0n) is 5.34. The van der Waals surface area contributed by atoms with E-state index in [9.17, 15) is 4.91 Å². The molecule has 9 heavy (non-hydrogen) atoms. The van der Waals surface area contributed by atoms with Crippen molar-refractivity contribution in [2.75, 3.05) is 13.2 Å². The number of hydrogen-bond donors (Lipinski definition) is 1. The first-order chi connectivity index (χ1) is 4.31. The van der Waals surface area contributed by atoms with Crippen LogP contribution in [0, 0.1) is 4.91 Å². The Kier molecular flexibility index (Phi) is 5.01. The fraction of sp³-hybridized carbons (Fsp3) is 0.667. The van der Waals surface area contributed by atoms with Crippen LogP contribution in [0.15, 0.2) is 17.3 Å². The Morgan fingerprint density at radius 3 is 2.67 bits per heavy atom. The summed E-state index contributed by atoms with van der Waals surface area (Å²) in [6.45, 7) is 4.01. The first kappa shape index (κ1) is 8.30. The van der Waals surface area contributed by atoms with Crippen LogP contribution in [0.4, 0.5) is 0 Å². The minimum atomic E-state index is 0.109. The van der Waals surface area contributed by atoms with Gasteiger partial charge in [-0.2, -0.15) is 4.91 Å². The van der Waals surface area contributed by atoms with Gasteiger partial charge >= 0.3 is 0 Å². The van der Waals surface area contributed by atoms with E-state index in [2.05, 4.69) is 11.8 Å². The SMILES string of the molecule is C=C(CCO)CCN=O. The summed E-state index contributed by atoms with van der Waals surface area (Å²) in [5.41, 5.74) is 0.886. The van der Waals surface area contributed by atoms with Gasteiger partial charge in [0.1, 0.15) is 0 Å². The third-order valence-electron chi connectivity index (χ3n) is 1.02. The highest BCUT2D eigenvalue weighted by Crippen LogP contribution is 2.01. The second-order valence-electron chi connectivity index (χ2n) is 1.83. The highest BCUT2D eigenvalue weighted by Gasteiger charge is 1.91. The van der Waals surface area contributed by atoms with Crippen LogP contribution in [0.3, 0.4) is 0 Å².